The monoisotopic (exact) mass is 404 g/mol. The van der Waals surface area contributed by atoms with Gasteiger partial charge < -0.3 is 14.2 Å². The number of aromatic nitrogens is 2. The Bertz CT molecular complexity index is 1020. The van der Waals surface area contributed by atoms with Crippen LogP contribution in [-0.4, -0.2) is 59.1 Å². The van der Waals surface area contributed by atoms with Gasteiger partial charge in [-0.2, -0.15) is 4.98 Å². The van der Waals surface area contributed by atoms with Gasteiger partial charge in [0.15, 0.2) is 6.61 Å². The molecule has 0 saturated carbocycles. The Kier molecular flexibility index (Phi) is 4.75. The molecule has 2 saturated heterocycles. The summed E-state index contributed by atoms with van der Waals surface area (Å²) >= 11 is 0. The average Bonchev–Trinajstić information content (AvgIpc) is 3.37. The molecule has 0 bridgehead atoms. The number of hydrogen-bond donors (Lipinski definition) is 0. The molecule has 1 unspecified atom stereocenters. The lowest BCUT2D eigenvalue weighted by Crippen LogP contribution is -2.60. The van der Waals surface area contributed by atoms with Gasteiger partial charge in [-0.3, -0.25) is 9.69 Å². The van der Waals surface area contributed by atoms with Crippen LogP contribution in [0.3, 0.4) is 0 Å². The summed E-state index contributed by atoms with van der Waals surface area (Å²) in [5.74, 6) is 2.00. The maximum Gasteiger partial charge on any atom is 0.260 e. The van der Waals surface area contributed by atoms with Crippen LogP contribution in [0.4, 0.5) is 0 Å². The van der Waals surface area contributed by atoms with Crippen LogP contribution in [0.5, 0.6) is 5.75 Å². The number of amides is 1. The van der Waals surface area contributed by atoms with Gasteiger partial charge in [-0.05, 0) is 25.6 Å². The Hall–Kier alpha value is -3.19. The SMILES string of the molecule is CN1CC2(CC1c1nc(-c3ccccc3)no1)CN(C(=O)COc1ccccc1)C2. The summed E-state index contributed by atoms with van der Waals surface area (Å²) in [5, 5.41) is 4.16. The zero-order chi connectivity index (χ0) is 20.6. The van der Waals surface area contributed by atoms with Crippen LogP contribution in [0.1, 0.15) is 18.4 Å². The van der Waals surface area contributed by atoms with Crippen molar-refractivity contribution in [1.82, 2.24) is 19.9 Å². The van der Waals surface area contributed by atoms with E-state index in [0.717, 1.165) is 31.6 Å². The van der Waals surface area contributed by atoms with Gasteiger partial charge in [-0.25, -0.2) is 0 Å². The van der Waals surface area contributed by atoms with Crippen molar-refractivity contribution in [2.45, 2.75) is 12.5 Å². The predicted molar refractivity (Wildman–Crippen MR) is 111 cm³/mol. The second-order valence-electron chi connectivity index (χ2n) is 8.31. The van der Waals surface area contributed by atoms with E-state index in [0.29, 0.717) is 17.5 Å². The fourth-order valence-electron chi connectivity index (χ4n) is 4.54. The quantitative estimate of drug-likeness (QED) is 0.651. The second kappa shape index (κ2) is 7.57. The molecule has 3 heterocycles. The zero-order valence-electron chi connectivity index (χ0n) is 16.9. The Morgan fingerprint density at radius 3 is 2.53 bits per heavy atom. The molecule has 3 aromatic rings. The summed E-state index contributed by atoms with van der Waals surface area (Å²) in [7, 11) is 2.08. The Morgan fingerprint density at radius 2 is 1.80 bits per heavy atom. The maximum atomic E-state index is 12.5. The molecule has 1 amide bonds. The highest BCUT2D eigenvalue weighted by Crippen LogP contribution is 2.47. The molecule has 0 radical (unpaired) electrons. The number of hydrogen-bond acceptors (Lipinski definition) is 6. The Balaban J connectivity index is 1.19. The van der Waals surface area contributed by atoms with Gasteiger partial charge in [0.25, 0.3) is 5.91 Å². The van der Waals surface area contributed by atoms with Gasteiger partial charge in [0.2, 0.25) is 11.7 Å². The number of benzene rings is 2. The summed E-state index contributed by atoms with van der Waals surface area (Å²) in [6.07, 6.45) is 0.906. The van der Waals surface area contributed by atoms with Gasteiger partial charge in [-0.15, -0.1) is 0 Å². The molecule has 7 nitrogen and oxygen atoms in total. The van der Waals surface area contributed by atoms with E-state index in [1.54, 1.807) is 0 Å². The Morgan fingerprint density at radius 1 is 1.10 bits per heavy atom. The van der Waals surface area contributed by atoms with Crippen LogP contribution in [0.2, 0.25) is 0 Å². The predicted octanol–water partition coefficient (Wildman–Crippen LogP) is 3.02. The van der Waals surface area contributed by atoms with Gasteiger partial charge in [0.1, 0.15) is 5.75 Å². The van der Waals surface area contributed by atoms with Crippen LogP contribution in [0.25, 0.3) is 11.4 Å². The average molecular weight is 404 g/mol. The first kappa shape index (κ1) is 18.8. The van der Waals surface area contributed by atoms with E-state index < -0.39 is 0 Å². The topological polar surface area (TPSA) is 71.7 Å². The molecule has 1 aromatic heterocycles. The van der Waals surface area contributed by atoms with Crippen LogP contribution < -0.4 is 4.74 Å². The number of para-hydroxylation sites is 1. The van der Waals surface area contributed by atoms with E-state index in [2.05, 4.69) is 22.1 Å². The third-order valence-corrected chi connectivity index (χ3v) is 6.01. The number of ether oxygens (including phenoxy) is 1. The van der Waals surface area contributed by atoms with Crippen molar-refractivity contribution in [2.24, 2.45) is 5.41 Å². The summed E-state index contributed by atoms with van der Waals surface area (Å²) < 4.78 is 11.2. The van der Waals surface area contributed by atoms with Crippen molar-refractivity contribution in [3.63, 3.8) is 0 Å². The largest absolute Gasteiger partial charge is 0.484 e. The normalized spacial score (nSPS) is 20.3. The molecule has 5 rings (SSSR count). The molecule has 1 atom stereocenters. The van der Waals surface area contributed by atoms with E-state index in [1.807, 2.05) is 65.6 Å². The second-order valence-corrected chi connectivity index (χ2v) is 8.31. The van der Waals surface area contributed by atoms with E-state index >= 15 is 0 Å². The van der Waals surface area contributed by atoms with Crippen molar-refractivity contribution < 1.29 is 14.1 Å². The van der Waals surface area contributed by atoms with E-state index in [1.165, 1.54) is 0 Å². The van der Waals surface area contributed by atoms with E-state index in [9.17, 15) is 4.79 Å². The standard InChI is InChI=1S/C23H24N4O3/c1-26-14-23(15-27(16-23)20(28)13-29-18-10-6-3-7-11-18)12-19(26)22-24-21(25-30-22)17-8-4-2-5-9-17/h2-11,19H,12-16H2,1H3. The van der Waals surface area contributed by atoms with Crippen LogP contribution in [0.15, 0.2) is 65.2 Å². The molecule has 2 aliphatic rings. The number of carbonyl (C=O) groups excluding carboxylic acids is 1. The third-order valence-electron chi connectivity index (χ3n) is 6.01. The minimum Gasteiger partial charge on any atom is -0.484 e. The van der Waals surface area contributed by atoms with Gasteiger partial charge >= 0.3 is 0 Å². The third kappa shape index (κ3) is 3.57. The van der Waals surface area contributed by atoms with Crippen molar-refractivity contribution >= 4 is 5.91 Å². The summed E-state index contributed by atoms with van der Waals surface area (Å²) in [4.78, 5) is 21.2. The molecule has 7 heteroatoms. The first-order valence-corrected chi connectivity index (χ1v) is 10.2. The fraction of sp³-hybridized carbons (Fsp3) is 0.348. The highest BCUT2D eigenvalue weighted by Gasteiger charge is 2.53. The molecule has 2 aromatic carbocycles. The first-order chi connectivity index (χ1) is 14.6. The van der Waals surface area contributed by atoms with E-state index in [4.69, 9.17) is 9.26 Å². The smallest absolute Gasteiger partial charge is 0.260 e. The summed E-state index contributed by atoms with van der Waals surface area (Å²) in [6.45, 7) is 2.46. The van der Waals surface area contributed by atoms with Crippen LogP contribution >= 0.6 is 0 Å². The minimum atomic E-state index is 0.0275. The van der Waals surface area contributed by atoms with Crippen molar-refractivity contribution in [3.05, 3.63) is 66.6 Å². The zero-order valence-corrected chi connectivity index (χ0v) is 16.9. The highest BCUT2D eigenvalue weighted by molar-refractivity contribution is 5.78. The molecule has 2 fully saturated rings. The number of likely N-dealkylation sites (tertiary alicyclic amines) is 2. The molecule has 0 aliphatic carbocycles. The Labute approximate surface area is 175 Å². The summed E-state index contributed by atoms with van der Waals surface area (Å²) in [5.41, 5.74) is 1.03. The highest BCUT2D eigenvalue weighted by atomic mass is 16.5. The molecule has 1 spiro atoms. The lowest BCUT2D eigenvalue weighted by molar-refractivity contribution is -0.144. The molecule has 154 valence electrons. The fourth-order valence-corrected chi connectivity index (χ4v) is 4.54. The van der Waals surface area contributed by atoms with Crippen LogP contribution in [0, 0.1) is 5.41 Å². The summed E-state index contributed by atoms with van der Waals surface area (Å²) in [6, 6.07) is 19.3. The van der Waals surface area contributed by atoms with Gasteiger partial charge in [0.05, 0.1) is 6.04 Å². The van der Waals surface area contributed by atoms with Gasteiger partial charge in [-0.1, -0.05) is 53.7 Å². The number of rotatable bonds is 5. The molecular formula is C23H24N4O3. The first-order valence-electron chi connectivity index (χ1n) is 10.2. The van der Waals surface area contributed by atoms with Crippen molar-refractivity contribution in [3.8, 4) is 17.1 Å². The number of nitrogens with zero attached hydrogens (tertiary/aromatic N) is 4. The van der Waals surface area contributed by atoms with Crippen LogP contribution in [-0.2, 0) is 4.79 Å². The van der Waals surface area contributed by atoms with E-state index in [-0.39, 0.29) is 24.0 Å². The van der Waals surface area contributed by atoms with Crippen molar-refractivity contribution in [2.75, 3.05) is 33.3 Å². The minimum absolute atomic E-state index is 0.0275. The van der Waals surface area contributed by atoms with Crippen molar-refractivity contribution in [1.29, 1.82) is 0 Å². The lowest BCUT2D eigenvalue weighted by atomic mass is 9.77. The molecule has 0 N–H and O–H groups in total. The molecule has 30 heavy (non-hydrogen) atoms. The number of carbonyl (C=O) groups is 1. The molecule has 2 aliphatic heterocycles. The maximum absolute atomic E-state index is 12.5. The lowest BCUT2D eigenvalue weighted by Gasteiger charge is -2.48. The molecular weight excluding hydrogens is 380 g/mol. The van der Waals surface area contributed by atoms with Gasteiger partial charge in [0, 0.05) is 30.6 Å².